The van der Waals surface area contributed by atoms with Crippen LogP contribution in [0.15, 0.2) is 22.7 Å². The van der Waals surface area contributed by atoms with Crippen molar-refractivity contribution in [3.63, 3.8) is 0 Å². The van der Waals surface area contributed by atoms with Gasteiger partial charge in [0, 0.05) is 35.6 Å². The van der Waals surface area contributed by atoms with Crippen LogP contribution in [0.5, 0.6) is 5.75 Å². The van der Waals surface area contributed by atoms with Gasteiger partial charge < -0.3 is 15.0 Å². The van der Waals surface area contributed by atoms with E-state index >= 15 is 0 Å². The predicted molar refractivity (Wildman–Crippen MR) is 94.7 cm³/mol. The van der Waals surface area contributed by atoms with E-state index in [4.69, 9.17) is 4.74 Å². The Bertz CT molecular complexity index is 495. The molecule has 1 amide bonds. The van der Waals surface area contributed by atoms with Crippen LogP contribution in [-0.2, 0) is 11.3 Å². The average Bonchev–Trinajstić information content (AvgIpc) is 3.29. The fraction of sp³-hybridized carbons (Fsp3) is 0.562. The van der Waals surface area contributed by atoms with E-state index in [2.05, 4.69) is 21.2 Å². The second kappa shape index (κ2) is 9.38. The Hall–Kier alpha value is -0.780. The summed E-state index contributed by atoms with van der Waals surface area (Å²) >= 11 is 3.50. The molecule has 1 aromatic rings. The third kappa shape index (κ3) is 5.45. The summed E-state index contributed by atoms with van der Waals surface area (Å²) in [5.74, 6) is 1.09. The Morgan fingerprint density at radius 2 is 2.18 bits per heavy atom. The van der Waals surface area contributed by atoms with E-state index in [9.17, 15) is 4.79 Å². The second-order valence-electron chi connectivity index (χ2n) is 5.29. The van der Waals surface area contributed by atoms with Crippen LogP contribution in [0, 0.1) is 0 Å². The first-order valence-electron chi connectivity index (χ1n) is 7.51. The summed E-state index contributed by atoms with van der Waals surface area (Å²) in [7, 11) is 1.87. The van der Waals surface area contributed by atoms with Crippen molar-refractivity contribution >= 4 is 34.2 Å². The van der Waals surface area contributed by atoms with Gasteiger partial charge in [0.2, 0.25) is 5.91 Å². The van der Waals surface area contributed by atoms with E-state index in [0.29, 0.717) is 25.6 Å². The summed E-state index contributed by atoms with van der Waals surface area (Å²) in [5, 5.41) is 3.04. The van der Waals surface area contributed by atoms with Gasteiger partial charge in [0.15, 0.2) is 0 Å². The highest BCUT2D eigenvalue weighted by Gasteiger charge is 2.32. The van der Waals surface area contributed by atoms with Crippen LogP contribution in [0.3, 0.4) is 0 Å². The summed E-state index contributed by atoms with van der Waals surface area (Å²) in [6.07, 6.45) is 2.78. The zero-order valence-electron chi connectivity index (χ0n) is 13.1. The van der Waals surface area contributed by atoms with E-state index in [1.165, 1.54) is 0 Å². The lowest BCUT2D eigenvalue weighted by Gasteiger charge is -2.24. The number of benzene rings is 1. The summed E-state index contributed by atoms with van der Waals surface area (Å²) < 4.78 is 6.70. The third-order valence-corrected chi connectivity index (χ3v) is 4.05. The van der Waals surface area contributed by atoms with Gasteiger partial charge in [-0.15, -0.1) is 12.4 Å². The summed E-state index contributed by atoms with van der Waals surface area (Å²) in [5.41, 5.74) is 1.07. The molecule has 1 saturated carbocycles. The molecule has 1 aliphatic rings. The molecule has 22 heavy (non-hydrogen) atoms. The van der Waals surface area contributed by atoms with Crippen molar-refractivity contribution in [2.24, 2.45) is 0 Å². The number of amides is 1. The highest BCUT2D eigenvalue weighted by atomic mass is 79.9. The smallest absolute Gasteiger partial charge is 0.224 e. The molecular weight excluding hydrogens is 368 g/mol. The number of halogens is 2. The molecule has 4 nitrogen and oxygen atoms in total. The Morgan fingerprint density at radius 3 is 2.77 bits per heavy atom. The first kappa shape index (κ1) is 19.3. The molecule has 124 valence electrons. The van der Waals surface area contributed by atoms with Gasteiger partial charge in [0.25, 0.3) is 0 Å². The maximum absolute atomic E-state index is 12.4. The van der Waals surface area contributed by atoms with Crippen molar-refractivity contribution in [2.75, 3.05) is 20.2 Å². The largest absolute Gasteiger partial charge is 0.494 e. The first-order chi connectivity index (χ1) is 10.2. The number of carbonyl (C=O) groups excluding carboxylic acids is 1. The highest BCUT2D eigenvalue weighted by molar-refractivity contribution is 9.10. The maximum Gasteiger partial charge on any atom is 0.224 e. The number of hydrogen-bond donors (Lipinski definition) is 1. The van der Waals surface area contributed by atoms with Crippen molar-refractivity contribution in [2.45, 2.75) is 38.8 Å². The van der Waals surface area contributed by atoms with Crippen LogP contribution in [0.1, 0.15) is 31.7 Å². The van der Waals surface area contributed by atoms with E-state index in [0.717, 1.165) is 35.2 Å². The molecule has 0 atom stereocenters. The molecular formula is C16H24BrClN2O2. The molecule has 1 N–H and O–H groups in total. The molecule has 0 saturated heterocycles. The van der Waals surface area contributed by atoms with Crippen molar-refractivity contribution in [3.05, 3.63) is 28.2 Å². The Labute approximate surface area is 147 Å². The van der Waals surface area contributed by atoms with Crippen LogP contribution in [-0.4, -0.2) is 37.0 Å². The van der Waals surface area contributed by atoms with E-state index in [-0.39, 0.29) is 18.3 Å². The molecule has 0 aromatic heterocycles. The van der Waals surface area contributed by atoms with Crippen molar-refractivity contribution in [1.29, 1.82) is 0 Å². The van der Waals surface area contributed by atoms with Crippen molar-refractivity contribution in [3.8, 4) is 5.75 Å². The van der Waals surface area contributed by atoms with Gasteiger partial charge in [-0.05, 0) is 45.0 Å². The number of rotatable bonds is 8. The zero-order valence-corrected chi connectivity index (χ0v) is 15.5. The van der Waals surface area contributed by atoms with Crippen LogP contribution in [0.25, 0.3) is 0 Å². The molecule has 0 spiro atoms. The highest BCUT2D eigenvalue weighted by Crippen LogP contribution is 2.32. The number of carbonyl (C=O) groups is 1. The Morgan fingerprint density at radius 1 is 1.45 bits per heavy atom. The van der Waals surface area contributed by atoms with Crippen LogP contribution in [0.4, 0.5) is 0 Å². The van der Waals surface area contributed by atoms with Gasteiger partial charge in [-0.1, -0.05) is 15.9 Å². The normalized spacial score (nSPS) is 13.4. The lowest BCUT2D eigenvalue weighted by atomic mass is 10.1. The molecule has 0 unspecified atom stereocenters. The van der Waals surface area contributed by atoms with Gasteiger partial charge in [0.1, 0.15) is 5.75 Å². The first-order valence-corrected chi connectivity index (χ1v) is 8.30. The SMILES string of the molecule is CCOc1ccc(Br)cc1CN(C(=O)CCNC)C1CC1.Cl. The molecule has 1 aromatic carbocycles. The monoisotopic (exact) mass is 390 g/mol. The van der Waals surface area contributed by atoms with Crippen LogP contribution >= 0.6 is 28.3 Å². The van der Waals surface area contributed by atoms with E-state index in [1.807, 2.05) is 37.1 Å². The minimum absolute atomic E-state index is 0. The summed E-state index contributed by atoms with van der Waals surface area (Å²) in [4.78, 5) is 14.4. The average molecular weight is 392 g/mol. The summed E-state index contributed by atoms with van der Waals surface area (Å²) in [6.45, 7) is 3.95. The lowest BCUT2D eigenvalue weighted by molar-refractivity contribution is -0.132. The molecule has 2 rings (SSSR count). The van der Waals surface area contributed by atoms with Gasteiger partial charge in [-0.3, -0.25) is 4.79 Å². The molecule has 6 heteroatoms. The van der Waals surface area contributed by atoms with Crippen LogP contribution in [0.2, 0.25) is 0 Å². The number of ether oxygens (including phenoxy) is 1. The maximum atomic E-state index is 12.4. The minimum atomic E-state index is 0. The standard InChI is InChI=1S/C16H23BrN2O2.ClH/c1-3-21-15-7-4-13(17)10-12(15)11-19(14-5-6-14)16(20)8-9-18-2;/h4,7,10,14,18H,3,5-6,8-9,11H2,1-2H3;1H. The van der Waals surface area contributed by atoms with Crippen molar-refractivity contribution < 1.29 is 9.53 Å². The molecule has 0 bridgehead atoms. The minimum Gasteiger partial charge on any atom is -0.494 e. The number of nitrogens with zero attached hydrogens (tertiary/aromatic N) is 1. The van der Waals surface area contributed by atoms with E-state index in [1.54, 1.807) is 0 Å². The van der Waals surface area contributed by atoms with Crippen molar-refractivity contribution in [1.82, 2.24) is 10.2 Å². The quantitative estimate of drug-likeness (QED) is 0.739. The predicted octanol–water partition coefficient (Wildman–Crippen LogP) is 3.37. The molecule has 0 radical (unpaired) electrons. The fourth-order valence-electron chi connectivity index (χ4n) is 2.33. The molecule has 1 aliphatic carbocycles. The number of hydrogen-bond acceptors (Lipinski definition) is 3. The summed E-state index contributed by atoms with van der Waals surface area (Å²) in [6, 6.07) is 6.39. The topological polar surface area (TPSA) is 41.6 Å². The third-order valence-electron chi connectivity index (χ3n) is 3.56. The van der Waals surface area contributed by atoms with Gasteiger partial charge in [-0.25, -0.2) is 0 Å². The van der Waals surface area contributed by atoms with Gasteiger partial charge in [-0.2, -0.15) is 0 Å². The molecule has 1 fully saturated rings. The van der Waals surface area contributed by atoms with E-state index < -0.39 is 0 Å². The zero-order chi connectivity index (χ0) is 15.2. The Kier molecular flexibility index (Phi) is 8.21. The fourth-order valence-corrected chi connectivity index (χ4v) is 2.74. The lowest BCUT2D eigenvalue weighted by Crippen LogP contribution is -2.34. The second-order valence-corrected chi connectivity index (χ2v) is 6.21. The van der Waals surface area contributed by atoms with Crippen LogP contribution < -0.4 is 10.1 Å². The molecule has 0 aliphatic heterocycles. The van der Waals surface area contributed by atoms with Gasteiger partial charge in [0.05, 0.1) is 6.61 Å². The Balaban J connectivity index is 0.00000242. The molecule has 0 heterocycles. The van der Waals surface area contributed by atoms with Gasteiger partial charge >= 0.3 is 0 Å². The number of nitrogens with one attached hydrogen (secondary N) is 1.